The first kappa shape index (κ1) is 28.0. The summed E-state index contributed by atoms with van der Waals surface area (Å²) in [4.78, 5) is 11.5. The van der Waals surface area contributed by atoms with Gasteiger partial charge in [-0.15, -0.1) is 0 Å². The summed E-state index contributed by atoms with van der Waals surface area (Å²) in [6.07, 6.45) is 15.3. The van der Waals surface area contributed by atoms with Gasteiger partial charge in [0.25, 0.3) is 0 Å². The Kier molecular flexibility index (Phi) is 14.9. The Bertz CT molecular complexity index is 575. The van der Waals surface area contributed by atoms with Crippen LogP contribution in [0.2, 0.25) is 18.1 Å². The molecule has 31 heavy (non-hydrogen) atoms. The van der Waals surface area contributed by atoms with E-state index >= 15 is 0 Å². The van der Waals surface area contributed by atoms with Gasteiger partial charge in [0.15, 0.2) is 6.23 Å². The van der Waals surface area contributed by atoms with E-state index in [1.165, 1.54) is 87.4 Å². The molecule has 1 N–H and O–H groups in total. The molecule has 0 aliphatic heterocycles. The van der Waals surface area contributed by atoms with Gasteiger partial charge in [0, 0.05) is 13.5 Å². The van der Waals surface area contributed by atoms with Crippen molar-refractivity contribution in [2.24, 2.45) is 0 Å². The van der Waals surface area contributed by atoms with Gasteiger partial charge in [-0.25, -0.2) is 0 Å². The summed E-state index contributed by atoms with van der Waals surface area (Å²) in [6.45, 7) is 11.5. The minimum atomic E-state index is -1.45. The number of hydrogen-bond donors (Lipinski definition) is 1. The number of rotatable bonds is 19. The van der Waals surface area contributed by atoms with Crippen LogP contribution in [-0.2, 0) is 16.0 Å². The van der Waals surface area contributed by atoms with Gasteiger partial charge in [-0.3, -0.25) is 10.1 Å². The van der Waals surface area contributed by atoms with Crippen molar-refractivity contribution in [3.8, 4) is 0 Å². The number of ether oxygens (including phenoxy) is 1. The van der Waals surface area contributed by atoms with E-state index in [4.69, 9.17) is 9.15 Å². The van der Waals surface area contributed by atoms with Crippen molar-refractivity contribution in [3.05, 3.63) is 17.9 Å². The topological polar surface area (TPSA) is 51.5 Å². The fraction of sp³-hybridized carbons (Fsp3) is 0.808. The minimum absolute atomic E-state index is 0.177. The molecule has 0 aliphatic carbocycles. The van der Waals surface area contributed by atoms with Crippen LogP contribution in [0, 0.1) is 0 Å². The van der Waals surface area contributed by atoms with Crippen molar-refractivity contribution >= 4 is 19.4 Å². The molecule has 5 heteroatoms. The smallest absolute Gasteiger partial charge is 0.304 e. The second-order valence-corrected chi connectivity index (χ2v) is 14.3. The van der Waals surface area contributed by atoms with Crippen LogP contribution in [0.3, 0.4) is 0 Å². The number of esters is 1. The Labute approximate surface area is 192 Å². The van der Waals surface area contributed by atoms with Crippen molar-refractivity contribution in [2.75, 3.05) is 6.54 Å². The number of unbranched alkanes of at least 4 members (excludes halogenated alkanes) is 8. The minimum Gasteiger partial charge on any atom is -0.474 e. The number of furan rings is 1. The van der Waals surface area contributed by atoms with Crippen LogP contribution >= 0.6 is 0 Å². The molecule has 1 heterocycles. The van der Waals surface area contributed by atoms with Gasteiger partial charge in [0.2, 0.25) is 0 Å². The van der Waals surface area contributed by atoms with Crippen LogP contribution in [0.1, 0.15) is 104 Å². The first-order valence-corrected chi connectivity index (χ1v) is 15.6. The number of nitrogens with one attached hydrogen (secondary N) is 1. The Balaban J connectivity index is 2.34. The molecule has 0 saturated carbocycles. The molecule has 1 unspecified atom stereocenters. The van der Waals surface area contributed by atoms with Crippen LogP contribution in [-0.4, -0.2) is 26.8 Å². The Morgan fingerprint density at radius 3 is 2.10 bits per heavy atom. The Morgan fingerprint density at radius 2 is 1.55 bits per heavy atom. The molecule has 0 fully saturated rings. The standard InChI is InChI=1S/C26H49NO3Si/c1-6-10-11-12-13-14-15-16-17-18-25(30-23(5)28)27-20-19-24-21-26(29-22-24)31(7-2,8-3)9-4/h21-22,25,27H,6-20H2,1-5H3. The lowest BCUT2D eigenvalue weighted by Gasteiger charge is -2.24. The monoisotopic (exact) mass is 451 g/mol. The normalized spacial score (nSPS) is 12.8. The summed E-state index contributed by atoms with van der Waals surface area (Å²) in [6, 6.07) is 5.99. The molecule has 1 aromatic rings. The molecular weight excluding hydrogens is 402 g/mol. The third-order valence-electron chi connectivity index (χ3n) is 6.87. The maximum Gasteiger partial charge on any atom is 0.304 e. The van der Waals surface area contributed by atoms with Gasteiger partial charge in [-0.05, 0) is 30.9 Å². The van der Waals surface area contributed by atoms with E-state index < -0.39 is 8.07 Å². The maximum absolute atomic E-state index is 11.5. The lowest BCUT2D eigenvalue weighted by atomic mass is 10.1. The quantitative estimate of drug-likeness (QED) is 0.107. The van der Waals surface area contributed by atoms with E-state index in [1.54, 1.807) is 0 Å². The summed E-state index contributed by atoms with van der Waals surface area (Å²) in [7, 11) is -1.45. The van der Waals surface area contributed by atoms with Gasteiger partial charge in [-0.1, -0.05) is 97.2 Å². The van der Waals surface area contributed by atoms with E-state index in [1.807, 2.05) is 6.26 Å². The molecular formula is C26H49NO3Si. The third-order valence-corrected chi connectivity index (χ3v) is 12.2. The third kappa shape index (κ3) is 10.9. The molecule has 0 aromatic carbocycles. The average molecular weight is 452 g/mol. The van der Waals surface area contributed by atoms with Gasteiger partial charge in [0.05, 0.1) is 11.6 Å². The van der Waals surface area contributed by atoms with Crippen molar-refractivity contribution in [3.63, 3.8) is 0 Å². The zero-order chi connectivity index (χ0) is 23.0. The molecule has 1 rings (SSSR count). The zero-order valence-electron chi connectivity index (χ0n) is 21.1. The van der Waals surface area contributed by atoms with E-state index in [0.717, 1.165) is 25.8 Å². The molecule has 1 atom stereocenters. The van der Waals surface area contributed by atoms with Crippen LogP contribution < -0.4 is 10.7 Å². The fourth-order valence-corrected chi connectivity index (χ4v) is 7.82. The van der Waals surface area contributed by atoms with Crippen molar-refractivity contribution in [2.45, 2.75) is 130 Å². The first-order chi connectivity index (χ1) is 15.0. The lowest BCUT2D eigenvalue weighted by Crippen LogP contribution is -2.44. The SMILES string of the molecule is CCCCCCCCCCCC(NCCc1coc([Si](CC)(CC)CC)c1)OC(C)=O. The highest BCUT2D eigenvalue weighted by Gasteiger charge is 2.32. The predicted molar refractivity (Wildman–Crippen MR) is 135 cm³/mol. The summed E-state index contributed by atoms with van der Waals surface area (Å²) in [5, 5.41) is 4.69. The van der Waals surface area contributed by atoms with Crippen LogP contribution in [0.25, 0.3) is 0 Å². The average Bonchev–Trinajstić information content (AvgIpc) is 3.23. The molecule has 0 aliphatic rings. The van der Waals surface area contributed by atoms with Gasteiger partial charge in [0.1, 0.15) is 8.07 Å². The van der Waals surface area contributed by atoms with Gasteiger partial charge >= 0.3 is 5.97 Å². The number of hydrogen-bond acceptors (Lipinski definition) is 4. The first-order valence-electron chi connectivity index (χ1n) is 13.0. The summed E-state index contributed by atoms with van der Waals surface area (Å²) in [5.41, 5.74) is 1.25. The second-order valence-electron chi connectivity index (χ2n) is 9.08. The van der Waals surface area contributed by atoms with Gasteiger partial charge in [-0.2, -0.15) is 0 Å². The second kappa shape index (κ2) is 16.5. The van der Waals surface area contributed by atoms with Crippen molar-refractivity contribution in [1.29, 1.82) is 0 Å². The van der Waals surface area contributed by atoms with Crippen molar-refractivity contribution < 1.29 is 13.9 Å². The summed E-state index contributed by atoms with van der Waals surface area (Å²) >= 11 is 0. The molecule has 180 valence electrons. The van der Waals surface area contributed by atoms with E-state index in [9.17, 15) is 4.79 Å². The molecule has 0 bridgehead atoms. The molecule has 0 spiro atoms. The van der Waals surface area contributed by atoms with E-state index in [2.05, 4.69) is 39.1 Å². The molecule has 0 amide bonds. The lowest BCUT2D eigenvalue weighted by molar-refractivity contribution is -0.148. The van der Waals surface area contributed by atoms with E-state index in [-0.39, 0.29) is 12.2 Å². The van der Waals surface area contributed by atoms with Crippen LogP contribution in [0.5, 0.6) is 0 Å². The largest absolute Gasteiger partial charge is 0.474 e. The van der Waals surface area contributed by atoms with Crippen LogP contribution in [0.4, 0.5) is 0 Å². The highest BCUT2D eigenvalue weighted by molar-refractivity contribution is 6.90. The van der Waals surface area contributed by atoms with Gasteiger partial charge < -0.3 is 9.15 Å². The molecule has 4 nitrogen and oxygen atoms in total. The highest BCUT2D eigenvalue weighted by Crippen LogP contribution is 2.21. The number of carbonyl (C=O) groups excluding carboxylic acids is 1. The predicted octanol–water partition coefficient (Wildman–Crippen LogP) is 6.94. The number of carbonyl (C=O) groups is 1. The highest BCUT2D eigenvalue weighted by atomic mass is 28.3. The fourth-order valence-electron chi connectivity index (χ4n) is 4.48. The zero-order valence-corrected chi connectivity index (χ0v) is 22.1. The Hall–Kier alpha value is -1.07. The summed E-state index contributed by atoms with van der Waals surface area (Å²) in [5.74, 6) is -0.205. The molecule has 0 radical (unpaired) electrons. The maximum atomic E-state index is 11.5. The molecule has 1 aromatic heterocycles. The van der Waals surface area contributed by atoms with Crippen molar-refractivity contribution in [1.82, 2.24) is 5.32 Å². The summed E-state index contributed by atoms with van der Waals surface area (Å²) < 4.78 is 11.5. The Morgan fingerprint density at radius 1 is 0.968 bits per heavy atom. The van der Waals surface area contributed by atoms with Crippen LogP contribution in [0.15, 0.2) is 16.7 Å². The molecule has 0 saturated heterocycles. The van der Waals surface area contributed by atoms with E-state index in [0.29, 0.717) is 0 Å².